The Morgan fingerprint density at radius 1 is 0.613 bits per heavy atom. The van der Waals surface area contributed by atoms with Crippen LogP contribution in [0.25, 0.3) is 33.5 Å². The van der Waals surface area contributed by atoms with Crippen LogP contribution in [0.4, 0.5) is 17.7 Å². The maximum absolute atomic E-state index is 14.5. The monoisotopic (exact) mass is 1400 g/mol. The molecular weight excluding hydrogens is 1340 g/mol. The molecule has 7 aromatic heterocycles. The smallest absolute Gasteiger partial charge is 0.472 e. The second-order valence-electron chi connectivity index (χ2n) is 20.9. The number of aromatic nitrogens is 14. The maximum atomic E-state index is 14.5. The van der Waals surface area contributed by atoms with Gasteiger partial charge < -0.3 is 74.7 Å². The first-order valence-electron chi connectivity index (χ1n) is 27.3. The zero-order chi connectivity index (χ0) is 66.4. The molecule has 0 aliphatic carbocycles. The summed E-state index contributed by atoms with van der Waals surface area (Å²) in [5.41, 5.74) is 13.3. The number of nitrogen functional groups attached to an aromatic ring is 3. The van der Waals surface area contributed by atoms with E-state index in [4.69, 9.17) is 91.3 Å². The lowest BCUT2D eigenvalue weighted by atomic mass is 10.1. The Morgan fingerprint density at radius 2 is 1.13 bits per heavy atom. The van der Waals surface area contributed by atoms with Crippen LogP contribution in [0.5, 0.6) is 5.75 Å². The molecule has 0 amide bonds. The predicted octanol–water partition coefficient (Wildman–Crippen LogP) is -2.17. The summed E-state index contributed by atoms with van der Waals surface area (Å²) in [6.45, 7) is -0.762. The van der Waals surface area contributed by atoms with Crippen LogP contribution in [0.15, 0.2) is 50.7 Å². The molecule has 0 spiro atoms. The standard InChI is InChI=1S/C44H57N17O28P4/c1-6-77-90(66,67)87-25-18(84-40(29(25)76-5)61-14-52-22-34(61)54-43(47)56-37(22)64)9-79-92(70,71)88-24-17-8-80-93(72,73)89-26-19(10-78-91(68,69)86-23-15(2)81-39(27(23)74-3)60-13-51-21-33(60)53-42(46)55-36(21)63)85-41(59-12-50-20-31(45)48-11-49-32(20)59)30(26)82-16-7-58(44(65)57-35(16)62)38(83-17)28(24)75-4/h7,11-15,17-19,23-30,38-41H,6,8-10H2,1-5H3,(H,66,67)(H,68,69)(H,70,71)(H,72,73)(H2,45,48,49)(H,57,62,65)(H3,46,53,55,63)(H3,47,54,56,64)/t15-,17-,18-,19-,23?,24?,25?,26?,27?,28?,29?,30?,38-,39-,40-,41-/m1/s1. The van der Waals surface area contributed by atoms with Gasteiger partial charge in [-0.05, 0) is 13.8 Å². The second kappa shape index (κ2) is 25.5. The molecule has 12 heterocycles. The van der Waals surface area contributed by atoms with Crippen molar-refractivity contribution in [3.05, 3.63) is 73.1 Å². The van der Waals surface area contributed by atoms with Crippen molar-refractivity contribution < 1.29 is 112 Å². The Balaban J connectivity index is 0.831. The highest BCUT2D eigenvalue weighted by molar-refractivity contribution is 7.48. The zero-order valence-corrected chi connectivity index (χ0v) is 52.1. The lowest BCUT2D eigenvalue weighted by Gasteiger charge is -2.29. The quantitative estimate of drug-likeness (QED) is 0.0363. The minimum Gasteiger partial charge on any atom is -0.476 e. The van der Waals surface area contributed by atoms with Crippen molar-refractivity contribution in [1.82, 2.24) is 68.1 Å². The molecule has 45 nitrogen and oxygen atoms in total. The van der Waals surface area contributed by atoms with Crippen LogP contribution in [-0.2, 0) is 87.6 Å². The molecule has 4 fully saturated rings. The predicted molar refractivity (Wildman–Crippen MR) is 303 cm³/mol. The fraction of sp³-hybridized carbons (Fsp3) is 0.568. The number of nitrogens with zero attached hydrogens (tertiary/aromatic N) is 11. The maximum Gasteiger partial charge on any atom is 0.472 e. The number of H-pyrrole nitrogens is 3. The summed E-state index contributed by atoms with van der Waals surface area (Å²) >= 11 is 0. The third-order valence-corrected chi connectivity index (χ3v) is 19.2. The number of hydrogen-bond donors (Lipinski definition) is 10. The summed E-state index contributed by atoms with van der Waals surface area (Å²) in [6.07, 6.45) is -20.7. The minimum atomic E-state index is -5.69. The third-order valence-electron chi connectivity index (χ3n) is 15.2. The SMILES string of the molecule is CCOP(=O)(O)OC1C(OC)[C@H](n2cnc3c(=O)[nH]c(N)nc32)O[C@@H]1COP(=O)(O)OC1C(OC)[C@H]2O[C@@H]1COP(=O)(O)OC1C(Oc3cn2c(=O)[nH]c3=O)[C@H](n2cnc3c(N)ncnc32)O[C@@H]1COP(=O)(O)OC1C(OC)[C@H](n2cnc3c(=O)[nH]c(N)nc32)O[C@@H]1C. The van der Waals surface area contributed by atoms with E-state index in [0.717, 1.165) is 39.4 Å². The Morgan fingerprint density at radius 3 is 1.74 bits per heavy atom. The molecular formula is C44H57N17O28P4. The molecule has 0 aromatic carbocycles. The topological polar surface area (TPSA) is 601 Å². The van der Waals surface area contributed by atoms with Gasteiger partial charge in [-0.2, -0.15) is 9.97 Å². The van der Waals surface area contributed by atoms with Gasteiger partial charge in [0.1, 0.15) is 72.9 Å². The van der Waals surface area contributed by atoms with Crippen LogP contribution in [0.2, 0.25) is 0 Å². The van der Waals surface area contributed by atoms with Gasteiger partial charge in [0.15, 0.2) is 64.8 Å². The number of nitrogens with one attached hydrogen (secondary N) is 3. The zero-order valence-electron chi connectivity index (χ0n) is 48.5. The molecule has 5 aliphatic heterocycles. The first-order chi connectivity index (χ1) is 44.1. The molecule has 4 saturated heterocycles. The average Bonchev–Trinajstić information content (AvgIpc) is 1.64. The summed E-state index contributed by atoms with van der Waals surface area (Å²) in [5, 5.41) is 0. The Hall–Kier alpha value is -6.71. The van der Waals surface area contributed by atoms with Crippen molar-refractivity contribution in [1.29, 1.82) is 0 Å². The molecule has 0 radical (unpaired) electrons. The lowest BCUT2D eigenvalue weighted by Crippen LogP contribution is -2.43. The fourth-order valence-electron chi connectivity index (χ4n) is 11.2. The number of methoxy groups -OCH3 is 3. The van der Waals surface area contributed by atoms with E-state index in [-0.39, 0.29) is 57.8 Å². The van der Waals surface area contributed by atoms with Crippen LogP contribution in [0.3, 0.4) is 0 Å². The fourth-order valence-corrected chi connectivity index (χ4v) is 15.1. The molecule has 13 N–H and O–H groups in total. The van der Waals surface area contributed by atoms with Crippen LogP contribution >= 0.6 is 31.3 Å². The first-order valence-corrected chi connectivity index (χ1v) is 33.3. The molecule has 0 saturated carbocycles. The molecule has 4 bridgehead atoms. The first kappa shape index (κ1) is 66.3. The largest absolute Gasteiger partial charge is 0.476 e. The molecule has 12 rings (SSSR count). The van der Waals surface area contributed by atoms with E-state index >= 15 is 0 Å². The van der Waals surface area contributed by atoms with E-state index in [2.05, 4.69) is 49.8 Å². The number of anilines is 3. The van der Waals surface area contributed by atoms with Crippen LogP contribution in [0.1, 0.15) is 38.8 Å². The van der Waals surface area contributed by atoms with E-state index in [0.29, 0.717) is 4.57 Å². The van der Waals surface area contributed by atoms with E-state index in [1.165, 1.54) is 41.0 Å². The van der Waals surface area contributed by atoms with Gasteiger partial charge in [-0.25, -0.2) is 48.0 Å². The van der Waals surface area contributed by atoms with Gasteiger partial charge in [0.05, 0.1) is 57.7 Å². The molecule has 12 unspecified atom stereocenters. The normalized spacial score (nSPS) is 32.6. The summed E-state index contributed by atoms with van der Waals surface area (Å²) in [7, 11) is -18.2. The Labute approximate surface area is 516 Å². The van der Waals surface area contributed by atoms with Gasteiger partial charge in [0.25, 0.3) is 16.7 Å². The molecule has 5 aliphatic rings. The highest BCUT2D eigenvalue weighted by Gasteiger charge is 2.57. The molecule has 506 valence electrons. The number of fused-ring (bicyclic) bond motifs is 9. The van der Waals surface area contributed by atoms with Crippen molar-refractivity contribution >= 4 is 82.5 Å². The van der Waals surface area contributed by atoms with Crippen molar-refractivity contribution in [2.75, 3.05) is 65.0 Å². The van der Waals surface area contributed by atoms with Crippen LogP contribution in [-0.4, -0.2) is 209 Å². The van der Waals surface area contributed by atoms with Crippen molar-refractivity contribution in [3.63, 3.8) is 0 Å². The van der Waals surface area contributed by atoms with Gasteiger partial charge in [0.2, 0.25) is 17.6 Å². The molecule has 20 atom stereocenters. The highest BCUT2D eigenvalue weighted by Crippen LogP contribution is 2.56. The summed E-state index contributed by atoms with van der Waals surface area (Å²) in [6, 6.07) is 0. The van der Waals surface area contributed by atoms with Gasteiger partial charge in [0, 0.05) is 21.3 Å². The van der Waals surface area contributed by atoms with Crippen molar-refractivity contribution in [2.45, 2.75) is 112 Å². The highest BCUT2D eigenvalue weighted by atomic mass is 31.2. The van der Waals surface area contributed by atoms with E-state index in [1.54, 1.807) is 0 Å². The summed E-state index contributed by atoms with van der Waals surface area (Å²) < 4.78 is 152. The average molecular weight is 1400 g/mol. The van der Waals surface area contributed by atoms with Gasteiger partial charge in [-0.15, -0.1) is 0 Å². The van der Waals surface area contributed by atoms with E-state index in [9.17, 15) is 57.0 Å². The lowest BCUT2D eigenvalue weighted by molar-refractivity contribution is -0.0672. The number of phosphoric acid groups is 4. The number of aromatic amines is 3. The van der Waals surface area contributed by atoms with E-state index in [1.807, 2.05) is 0 Å². The van der Waals surface area contributed by atoms with Gasteiger partial charge in [-0.3, -0.25) is 83.8 Å². The van der Waals surface area contributed by atoms with Crippen LogP contribution in [0, 0.1) is 0 Å². The second-order valence-corrected chi connectivity index (χ2v) is 26.5. The van der Waals surface area contributed by atoms with Crippen molar-refractivity contribution in [2.24, 2.45) is 0 Å². The van der Waals surface area contributed by atoms with Crippen molar-refractivity contribution in [3.8, 4) is 5.75 Å². The van der Waals surface area contributed by atoms with Gasteiger partial charge in [-0.1, -0.05) is 0 Å². The molecule has 7 aromatic rings. The Bertz CT molecular complexity index is 4430. The number of imidazole rings is 3. The van der Waals surface area contributed by atoms with Gasteiger partial charge >= 0.3 is 37.0 Å². The number of ether oxygens (including phenoxy) is 8. The number of hydrogen-bond acceptors (Lipinski definition) is 34. The number of rotatable bonds is 20. The number of nitrogens with two attached hydrogens (primary N) is 3. The van der Waals surface area contributed by atoms with Crippen LogP contribution < -0.4 is 44.3 Å². The molecule has 93 heavy (non-hydrogen) atoms. The number of phosphoric ester groups is 4. The minimum absolute atomic E-state index is 0.00169. The Kier molecular flexibility index (Phi) is 18.2. The summed E-state index contributed by atoms with van der Waals surface area (Å²) in [4.78, 5) is 134. The summed E-state index contributed by atoms with van der Waals surface area (Å²) in [5.74, 6) is -1.49. The third kappa shape index (κ3) is 12.9. The molecule has 49 heteroatoms. The van der Waals surface area contributed by atoms with E-state index < -0.39 is 177 Å².